The molecule has 2 aromatic heterocycles. The summed E-state index contributed by atoms with van der Waals surface area (Å²) >= 11 is 3.39. The molecular weight excluding hydrogens is 468 g/mol. The lowest BCUT2D eigenvalue weighted by Gasteiger charge is -2.23. The lowest BCUT2D eigenvalue weighted by atomic mass is 10.1. The van der Waals surface area contributed by atoms with Gasteiger partial charge in [0.25, 0.3) is 0 Å². The highest BCUT2D eigenvalue weighted by Crippen LogP contribution is 2.20. The Morgan fingerprint density at radius 1 is 1.00 bits per heavy atom. The third kappa shape index (κ3) is 5.22. The van der Waals surface area contributed by atoms with E-state index in [0.29, 0.717) is 36.5 Å². The molecule has 3 aromatic rings. The van der Waals surface area contributed by atoms with Gasteiger partial charge in [-0.25, -0.2) is 4.98 Å². The SMILES string of the molecule is Cc1ncc(Br)cc1C(=O)c1cccc(N2CCCN(C(=O)Cc3ccccc3)CC2)n1. The molecule has 1 fully saturated rings. The van der Waals surface area contributed by atoms with Crippen molar-refractivity contribution >= 4 is 33.4 Å². The summed E-state index contributed by atoms with van der Waals surface area (Å²) in [6.07, 6.45) is 2.95. The molecule has 4 rings (SSSR count). The quantitative estimate of drug-likeness (QED) is 0.502. The summed E-state index contributed by atoms with van der Waals surface area (Å²) in [6, 6.07) is 17.1. The maximum absolute atomic E-state index is 13.0. The summed E-state index contributed by atoms with van der Waals surface area (Å²) < 4.78 is 0.760. The Kier molecular flexibility index (Phi) is 6.95. The number of halogens is 1. The van der Waals surface area contributed by atoms with Crippen LogP contribution in [0.15, 0.2) is 65.3 Å². The first-order valence-corrected chi connectivity index (χ1v) is 11.5. The summed E-state index contributed by atoms with van der Waals surface area (Å²) in [7, 11) is 0. The molecule has 0 bridgehead atoms. The lowest BCUT2D eigenvalue weighted by molar-refractivity contribution is -0.130. The van der Waals surface area contributed by atoms with Gasteiger partial charge >= 0.3 is 0 Å². The Hall–Kier alpha value is -3.06. The second kappa shape index (κ2) is 10.0. The van der Waals surface area contributed by atoms with Crippen LogP contribution in [0.4, 0.5) is 5.82 Å². The van der Waals surface area contributed by atoms with E-state index in [2.05, 4.69) is 30.8 Å². The number of benzene rings is 1. The number of amides is 1. The Labute approximate surface area is 196 Å². The normalized spacial score (nSPS) is 14.2. The minimum atomic E-state index is -0.146. The summed E-state index contributed by atoms with van der Waals surface area (Å²) in [4.78, 5) is 38.8. The zero-order valence-electron chi connectivity index (χ0n) is 18.0. The number of anilines is 1. The van der Waals surface area contributed by atoms with Gasteiger partial charge in [0.15, 0.2) is 0 Å². The minimum Gasteiger partial charge on any atom is -0.355 e. The van der Waals surface area contributed by atoms with Crippen LogP contribution in [-0.2, 0) is 11.2 Å². The molecule has 0 spiro atoms. The van der Waals surface area contributed by atoms with Crippen LogP contribution in [-0.4, -0.2) is 52.7 Å². The highest BCUT2D eigenvalue weighted by atomic mass is 79.9. The third-order valence-corrected chi connectivity index (χ3v) is 6.07. The molecular formula is C25H25BrN4O2. The fraction of sp³-hybridized carbons (Fsp3) is 0.280. The van der Waals surface area contributed by atoms with E-state index in [0.717, 1.165) is 35.4 Å². The number of hydrogen-bond acceptors (Lipinski definition) is 5. The van der Waals surface area contributed by atoms with Crippen molar-refractivity contribution < 1.29 is 9.59 Å². The van der Waals surface area contributed by atoms with Crippen LogP contribution in [0.5, 0.6) is 0 Å². The van der Waals surface area contributed by atoms with Gasteiger partial charge in [-0.2, -0.15) is 0 Å². The van der Waals surface area contributed by atoms with Gasteiger partial charge in [0.2, 0.25) is 11.7 Å². The molecule has 0 radical (unpaired) electrons. The first-order valence-electron chi connectivity index (χ1n) is 10.7. The summed E-state index contributed by atoms with van der Waals surface area (Å²) in [5.74, 6) is 0.758. The molecule has 1 amide bonds. The van der Waals surface area contributed by atoms with Crippen molar-refractivity contribution in [1.29, 1.82) is 0 Å². The van der Waals surface area contributed by atoms with E-state index in [1.807, 2.05) is 54.3 Å². The molecule has 6 nitrogen and oxygen atoms in total. The molecule has 164 valence electrons. The van der Waals surface area contributed by atoms with Crippen molar-refractivity contribution in [1.82, 2.24) is 14.9 Å². The zero-order chi connectivity index (χ0) is 22.5. The lowest BCUT2D eigenvalue weighted by Crippen LogP contribution is -2.36. The number of hydrogen-bond donors (Lipinski definition) is 0. The molecule has 1 aliphatic heterocycles. The summed E-state index contributed by atoms with van der Waals surface area (Å²) in [6.45, 7) is 4.66. The van der Waals surface area contributed by atoms with Gasteiger partial charge in [-0.1, -0.05) is 36.4 Å². The van der Waals surface area contributed by atoms with Crippen LogP contribution >= 0.6 is 15.9 Å². The molecule has 1 aliphatic rings. The van der Waals surface area contributed by atoms with Crippen LogP contribution in [0.25, 0.3) is 0 Å². The topological polar surface area (TPSA) is 66.4 Å². The first kappa shape index (κ1) is 22.1. The van der Waals surface area contributed by atoms with Crippen molar-refractivity contribution in [3.63, 3.8) is 0 Å². The highest BCUT2D eigenvalue weighted by Gasteiger charge is 2.21. The average molecular weight is 493 g/mol. The molecule has 32 heavy (non-hydrogen) atoms. The average Bonchev–Trinajstić information content (AvgIpc) is 3.07. The van der Waals surface area contributed by atoms with Gasteiger partial charge in [0, 0.05) is 48.1 Å². The van der Waals surface area contributed by atoms with Crippen molar-refractivity contribution in [3.8, 4) is 0 Å². The highest BCUT2D eigenvalue weighted by molar-refractivity contribution is 9.10. The van der Waals surface area contributed by atoms with Crippen molar-refractivity contribution in [2.75, 3.05) is 31.1 Å². The van der Waals surface area contributed by atoms with Gasteiger partial charge in [-0.3, -0.25) is 14.6 Å². The van der Waals surface area contributed by atoms with Crippen LogP contribution < -0.4 is 4.90 Å². The first-order chi connectivity index (χ1) is 15.5. The molecule has 0 aliphatic carbocycles. The van der Waals surface area contributed by atoms with E-state index >= 15 is 0 Å². The molecule has 1 aromatic carbocycles. The van der Waals surface area contributed by atoms with Gasteiger partial charge in [0.05, 0.1) is 6.42 Å². The number of aryl methyl sites for hydroxylation is 1. The smallest absolute Gasteiger partial charge is 0.227 e. The number of rotatable bonds is 5. The minimum absolute atomic E-state index is 0.146. The van der Waals surface area contributed by atoms with Gasteiger partial charge in [-0.05, 0) is 53.0 Å². The van der Waals surface area contributed by atoms with E-state index in [9.17, 15) is 9.59 Å². The van der Waals surface area contributed by atoms with Crippen molar-refractivity contribution in [3.05, 3.63) is 87.8 Å². The number of nitrogens with zero attached hydrogens (tertiary/aromatic N) is 4. The molecule has 0 saturated carbocycles. The third-order valence-electron chi connectivity index (χ3n) is 5.64. The molecule has 1 saturated heterocycles. The maximum atomic E-state index is 13.0. The van der Waals surface area contributed by atoms with Crippen LogP contribution in [0, 0.1) is 6.92 Å². The number of aromatic nitrogens is 2. The van der Waals surface area contributed by atoms with Crippen LogP contribution in [0.2, 0.25) is 0 Å². The van der Waals surface area contributed by atoms with E-state index < -0.39 is 0 Å². The van der Waals surface area contributed by atoms with Crippen molar-refractivity contribution in [2.24, 2.45) is 0 Å². The zero-order valence-corrected chi connectivity index (χ0v) is 19.6. The number of pyridine rings is 2. The Morgan fingerprint density at radius 2 is 1.81 bits per heavy atom. The molecule has 0 atom stereocenters. The Balaban J connectivity index is 1.45. The van der Waals surface area contributed by atoms with E-state index in [4.69, 9.17) is 0 Å². The van der Waals surface area contributed by atoms with Gasteiger partial charge in [0.1, 0.15) is 11.5 Å². The van der Waals surface area contributed by atoms with Gasteiger partial charge in [-0.15, -0.1) is 0 Å². The Morgan fingerprint density at radius 3 is 2.62 bits per heavy atom. The van der Waals surface area contributed by atoms with Crippen LogP contribution in [0.1, 0.15) is 33.7 Å². The molecule has 3 heterocycles. The Bertz CT molecular complexity index is 1120. The summed E-state index contributed by atoms with van der Waals surface area (Å²) in [5, 5.41) is 0. The number of ketones is 1. The van der Waals surface area contributed by atoms with E-state index in [-0.39, 0.29) is 11.7 Å². The largest absolute Gasteiger partial charge is 0.355 e. The number of carbonyl (C=O) groups is 2. The van der Waals surface area contributed by atoms with Crippen LogP contribution in [0.3, 0.4) is 0 Å². The van der Waals surface area contributed by atoms with E-state index in [1.54, 1.807) is 18.3 Å². The fourth-order valence-corrected chi connectivity index (χ4v) is 4.21. The molecule has 0 unspecified atom stereocenters. The second-order valence-corrected chi connectivity index (χ2v) is 8.80. The number of carbonyl (C=O) groups excluding carboxylic acids is 2. The predicted molar refractivity (Wildman–Crippen MR) is 128 cm³/mol. The standard InChI is InChI=1S/C25H25BrN4O2/c1-18-21(16-20(26)17-27-18)25(32)22-9-5-10-23(28-22)29-11-6-12-30(14-13-29)24(31)15-19-7-3-2-4-8-19/h2-5,7-10,16-17H,6,11-15H2,1H3. The van der Waals surface area contributed by atoms with Crippen molar-refractivity contribution in [2.45, 2.75) is 19.8 Å². The molecule has 0 N–H and O–H groups in total. The maximum Gasteiger partial charge on any atom is 0.227 e. The summed E-state index contributed by atoms with van der Waals surface area (Å²) in [5.41, 5.74) is 2.64. The predicted octanol–water partition coefficient (Wildman–Crippen LogP) is 4.06. The monoisotopic (exact) mass is 492 g/mol. The second-order valence-electron chi connectivity index (χ2n) is 7.88. The fourth-order valence-electron chi connectivity index (χ4n) is 3.88. The van der Waals surface area contributed by atoms with Gasteiger partial charge < -0.3 is 9.80 Å². The van der Waals surface area contributed by atoms with E-state index in [1.165, 1.54) is 0 Å². The molecule has 7 heteroatoms.